The number of nitrogens with zero attached hydrogens (tertiary/aromatic N) is 2. The summed E-state index contributed by atoms with van der Waals surface area (Å²) in [6.45, 7) is 2.43. The molecule has 32 heavy (non-hydrogen) atoms. The van der Waals surface area contributed by atoms with E-state index in [9.17, 15) is 13.6 Å². The zero-order chi connectivity index (χ0) is 23.3. The van der Waals surface area contributed by atoms with Crippen molar-refractivity contribution < 1.29 is 22.8 Å². The number of hydrogen-bond donors (Lipinski definition) is 2. The largest absolute Gasteiger partial charge is 0.497 e. The third kappa shape index (κ3) is 5.87. The van der Waals surface area contributed by atoms with Crippen LogP contribution in [0.2, 0.25) is 0 Å². The molecule has 0 saturated heterocycles. The molecule has 8 nitrogen and oxygen atoms in total. The molecule has 0 radical (unpaired) electrons. The van der Waals surface area contributed by atoms with Gasteiger partial charge in [0.15, 0.2) is 10.1 Å². The minimum atomic E-state index is -3.81. The van der Waals surface area contributed by atoms with Crippen LogP contribution in [-0.4, -0.2) is 41.6 Å². The molecule has 170 valence electrons. The topological polar surface area (TPSA) is 119 Å². The highest BCUT2D eigenvalue weighted by Crippen LogP contribution is 2.37. The van der Waals surface area contributed by atoms with E-state index in [1.54, 1.807) is 31.4 Å². The first-order chi connectivity index (χ1) is 15.2. The van der Waals surface area contributed by atoms with Gasteiger partial charge in [-0.05, 0) is 67.2 Å². The third-order valence-electron chi connectivity index (χ3n) is 4.52. The van der Waals surface area contributed by atoms with E-state index in [1.807, 2.05) is 19.1 Å². The number of hydroxylamine groups is 2. The molecule has 11 heteroatoms. The highest BCUT2D eigenvalue weighted by molar-refractivity contribution is 8.22. The minimum absolute atomic E-state index is 0.00520. The van der Waals surface area contributed by atoms with E-state index in [1.165, 1.54) is 12.1 Å². The van der Waals surface area contributed by atoms with E-state index < -0.39 is 10.0 Å². The lowest BCUT2D eigenvalue weighted by atomic mass is 10.1. The van der Waals surface area contributed by atoms with Gasteiger partial charge >= 0.3 is 0 Å². The molecule has 0 atom stereocenters. The van der Waals surface area contributed by atoms with Crippen LogP contribution in [0.5, 0.6) is 5.75 Å². The van der Waals surface area contributed by atoms with Crippen molar-refractivity contribution in [3.63, 3.8) is 0 Å². The Labute approximate surface area is 196 Å². The summed E-state index contributed by atoms with van der Waals surface area (Å²) in [5.41, 5.74) is 1.92. The van der Waals surface area contributed by atoms with Crippen molar-refractivity contribution >= 4 is 38.3 Å². The van der Waals surface area contributed by atoms with Crippen LogP contribution in [0.15, 0.2) is 63.1 Å². The number of rotatable bonds is 8. The summed E-state index contributed by atoms with van der Waals surface area (Å²) in [4.78, 5) is 4.57. The lowest BCUT2D eigenvalue weighted by Crippen LogP contribution is -2.24. The maximum atomic E-state index is 11.6. The van der Waals surface area contributed by atoms with Crippen LogP contribution in [0.1, 0.15) is 19.8 Å². The minimum Gasteiger partial charge on any atom is -0.497 e. The van der Waals surface area contributed by atoms with Crippen molar-refractivity contribution in [1.29, 1.82) is 0 Å². The zero-order valence-corrected chi connectivity index (χ0v) is 20.0. The third-order valence-corrected chi connectivity index (χ3v) is 6.65. The fourth-order valence-corrected chi connectivity index (χ4v) is 4.24. The van der Waals surface area contributed by atoms with Crippen LogP contribution in [0, 0.1) is 0 Å². The number of aromatic nitrogens is 1. The SMILES string of the molecule is CCCCN(O)C(=S)Sc1nc(-c2ccc(OC)cc2)c(-c2ccc(S(N)(=O)=O)cc2)o1. The monoisotopic (exact) mass is 493 g/mol. The van der Waals surface area contributed by atoms with Crippen LogP contribution in [0.3, 0.4) is 0 Å². The molecule has 3 aromatic rings. The van der Waals surface area contributed by atoms with Gasteiger partial charge in [0.1, 0.15) is 11.4 Å². The second-order valence-corrected chi connectivity index (χ2v) is 9.95. The zero-order valence-electron chi connectivity index (χ0n) is 17.5. The number of unbranched alkanes of at least 4 members (excludes halogenated alkanes) is 1. The molecular formula is C21H23N3O5S3. The van der Waals surface area contributed by atoms with Crippen molar-refractivity contribution in [2.75, 3.05) is 13.7 Å². The number of methoxy groups -OCH3 is 1. The molecule has 0 amide bonds. The second-order valence-electron chi connectivity index (χ2n) is 6.80. The van der Waals surface area contributed by atoms with Crippen molar-refractivity contribution in [2.45, 2.75) is 29.9 Å². The summed E-state index contributed by atoms with van der Waals surface area (Å²) in [5, 5.41) is 16.6. The fourth-order valence-electron chi connectivity index (χ4n) is 2.81. The number of thiocarbonyl (C=S) groups is 1. The quantitative estimate of drug-likeness (QED) is 0.265. The van der Waals surface area contributed by atoms with Crippen molar-refractivity contribution in [3.8, 4) is 28.3 Å². The van der Waals surface area contributed by atoms with Crippen molar-refractivity contribution in [1.82, 2.24) is 10.0 Å². The van der Waals surface area contributed by atoms with Gasteiger partial charge in [-0.15, -0.1) is 0 Å². The molecule has 0 unspecified atom stereocenters. The van der Waals surface area contributed by atoms with Gasteiger partial charge in [0.25, 0.3) is 5.22 Å². The van der Waals surface area contributed by atoms with Crippen LogP contribution in [0.4, 0.5) is 0 Å². The van der Waals surface area contributed by atoms with E-state index >= 15 is 0 Å². The number of nitrogens with two attached hydrogens (primary N) is 1. The van der Waals surface area contributed by atoms with Gasteiger partial charge in [0.05, 0.1) is 12.0 Å². The Morgan fingerprint density at radius 1 is 1.19 bits per heavy atom. The highest BCUT2D eigenvalue weighted by atomic mass is 32.2. The summed E-state index contributed by atoms with van der Waals surface area (Å²) in [7, 11) is -2.23. The smallest absolute Gasteiger partial charge is 0.264 e. The molecule has 0 aliphatic carbocycles. The van der Waals surface area contributed by atoms with Crippen LogP contribution in [0.25, 0.3) is 22.6 Å². The number of primary sulfonamides is 1. The molecule has 1 aromatic heterocycles. The molecule has 3 rings (SSSR count). The Balaban J connectivity index is 1.99. The number of sulfonamides is 1. The summed E-state index contributed by atoms with van der Waals surface area (Å²) in [5.74, 6) is 1.12. The van der Waals surface area contributed by atoms with E-state index in [-0.39, 0.29) is 14.4 Å². The predicted octanol–water partition coefficient (Wildman–Crippen LogP) is 4.53. The normalized spacial score (nSPS) is 11.4. The first-order valence-corrected chi connectivity index (χ1v) is 12.5. The number of oxazole rings is 1. The van der Waals surface area contributed by atoms with Crippen LogP contribution in [-0.2, 0) is 10.0 Å². The van der Waals surface area contributed by atoms with Gasteiger partial charge in [-0.1, -0.05) is 13.3 Å². The highest BCUT2D eigenvalue weighted by Gasteiger charge is 2.20. The molecule has 3 N–H and O–H groups in total. The first kappa shape index (κ1) is 24.2. The molecule has 1 heterocycles. The molecule has 0 saturated carbocycles. The Kier molecular flexibility index (Phi) is 7.91. The Morgan fingerprint density at radius 2 is 1.81 bits per heavy atom. The molecule has 0 fully saturated rings. The summed E-state index contributed by atoms with van der Waals surface area (Å²) in [6, 6.07) is 13.3. The van der Waals surface area contributed by atoms with Gasteiger partial charge in [-0.3, -0.25) is 5.21 Å². The van der Waals surface area contributed by atoms with Gasteiger partial charge in [0.2, 0.25) is 10.0 Å². The molecule has 2 aromatic carbocycles. The Bertz CT molecular complexity index is 1180. The van der Waals surface area contributed by atoms with Crippen LogP contribution < -0.4 is 9.88 Å². The molecule has 0 spiro atoms. The van der Waals surface area contributed by atoms with E-state index in [2.05, 4.69) is 4.98 Å². The first-order valence-electron chi connectivity index (χ1n) is 9.69. The molecule has 0 aliphatic heterocycles. The summed E-state index contributed by atoms with van der Waals surface area (Å²) < 4.78 is 34.6. The standard InChI is InChI=1S/C21H23N3O5S3/c1-3-4-13-24(25)21(30)31-20-23-18(14-5-9-16(28-2)10-6-14)19(29-20)15-7-11-17(12-8-15)32(22,26)27/h5-12,25H,3-4,13H2,1-2H3,(H2,22,26,27). The fraction of sp³-hybridized carbons (Fsp3) is 0.238. The number of hydrogen-bond acceptors (Lipinski definition) is 8. The van der Waals surface area contributed by atoms with E-state index in [0.717, 1.165) is 35.2 Å². The molecule has 0 bridgehead atoms. The van der Waals surface area contributed by atoms with Crippen LogP contribution >= 0.6 is 24.0 Å². The predicted molar refractivity (Wildman–Crippen MR) is 127 cm³/mol. The van der Waals surface area contributed by atoms with E-state index in [0.29, 0.717) is 29.3 Å². The average Bonchev–Trinajstić information content (AvgIpc) is 3.20. The number of ether oxygens (including phenoxy) is 1. The van der Waals surface area contributed by atoms with Gasteiger partial charge in [-0.2, -0.15) is 0 Å². The average molecular weight is 494 g/mol. The maximum absolute atomic E-state index is 11.6. The van der Waals surface area contributed by atoms with Gasteiger partial charge in [0, 0.05) is 29.4 Å². The van der Waals surface area contributed by atoms with Crippen molar-refractivity contribution in [3.05, 3.63) is 48.5 Å². The van der Waals surface area contributed by atoms with Crippen molar-refractivity contribution in [2.24, 2.45) is 5.14 Å². The lowest BCUT2D eigenvalue weighted by molar-refractivity contribution is -0.00878. The van der Waals surface area contributed by atoms with Gasteiger partial charge < -0.3 is 9.15 Å². The Hall–Kier alpha value is -2.44. The van der Waals surface area contributed by atoms with Gasteiger partial charge in [-0.25, -0.2) is 23.6 Å². The number of benzene rings is 2. The summed E-state index contributed by atoms with van der Waals surface area (Å²) >= 11 is 6.32. The maximum Gasteiger partial charge on any atom is 0.264 e. The Morgan fingerprint density at radius 3 is 2.38 bits per heavy atom. The lowest BCUT2D eigenvalue weighted by Gasteiger charge is -2.14. The van der Waals surface area contributed by atoms with E-state index in [4.69, 9.17) is 26.5 Å². The molecular weight excluding hydrogens is 470 g/mol. The second kappa shape index (κ2) is 10.5. The molecule has 0 aliphatic rings. The number of thioether (sulfide) groups is 1. The summed E-state index contributed by atoms with van der Waals surface area (Å²) in [6.07, 6.45) is 1.71.